The lowest BCUT2D eigenvalue weighted by Crippen LogP contribution is -2.51. The minimum Gasteiger partial charge on any atom is -0.526 e. The van der Waals surface area contributed by atoms with Gasteiger partial charge in [0.2, 0.25) is 11.2 Å². The minimum absolute atomic E-state index is 0.565. The Bertz CT molecular complexity index is 2280. The summed E-state index contributed by atoms with van der Waals surface area (Å²) in [7, 11) is 1.99. The van der Waals surface area contributed by atoms with Crippen LogP contribution in [0.25, 0.3) is 69.6 Å². The van der Waals surface area contributed by atoms with Gasteiger partial charge in [0.25, 0.3) is 0 Å². The first-order valence-electron chi connectivity index (χ1n) is 14.3. The van der Waals surface area contributed by atoms with E-state index in [9.17, 15) is 0 Å². The summed E-state index contributed by atoms with van der Waals surface area (Å²) in [6.45, 7) is 7.92. The molecule has 0 fully saturated rings. The van der Waals surface area contributed by atoms with E-state index in [-0.39, 0.29) is 0 Å². The molecule has 8 rings (SSSR count). The number of aliphatic hydroxyl groups is 1. The second kappa shape index (κ2) is 8.95. The van der Waals surface area contributed by atoms with Crippen molar-refractivity contribution in [2.45, 2.75) is 38.9 Å². The number of nitrogens with zero attached hydrogens (tertiary/aromatic N) is 1. The van der Waals surface area contributed by atoms with Gasteiger partial charge in [-0.1, -0.05) is 54.6 Å². The Morgan fingerprint density at radius 1 is 0.738 bits per heavy atom. The molecule has 0 bridgehead atoms. The SMILES string of the molecule is CC(C)([OH2+])C(C)(C)[OH+][B]c1cc(-n2c3ccccc3c3ccccc32)cc2c1sc1ccc3c4ccccc4oc3c12. The Morgan fingerprint density at radius 2 is 1.38 bits per heavy atom. The van der Waals surface area contributed by atoms with Crippen LogP contribution < -0.4 is 5.46 Å². The lowest BCUT2D eigenvalue weighted by molar-refractivity contribution is -0.157. The molecule has 0 aliphatic carbocycles. The van der Waals surface area contributed by atoms with Crippen LogP contribution in [0.3, 0.4) is 0 Å². The molecule has 1 radical (unpaired) electrons. The van der Waals surface area contributed by atoms with Gasteiger partial charge in [-0.2, -0.15) is 0 Å². The minimum atomic E-state index is -0.729. The molecule has 0 amide bonds. The summed E-state index contributed by atoms with van der Waals surface area (Å²) in [5.74, 6) is 0. The summed E-state index contributed by atoms with van der Waals surface area (Å²) < 4.78 is 16.3. The highest BCUT2D eigenvalue weighted by Gasteiger charge is 2.46. The maximum absolute atomic E-state index is 8.70. The van der Waals surface area contributed by atoms with E-state index in [2.05, 4.69) is 89.5 Å². The van der Waals surface area contributed by atoms with Crippen molar-refractivity contribution in [2.75, 3.05) is 0 Å². The Morgan fingerprint density at radius 3 is 2.07 bits per heavy atom. The van der Waals surface area contributed by atoms with Crippen molar-refractivity contribution in [1.29, 1.82) is 0 Å². The zero-order chi connectivity index (χ0) is 28.8. The molecule has 4 nitrogen and oxygen atoms in total. The first-order valence-corrected chi connectivity index (χ1v) is 15.1. The molecular weight excluding hydrogens is 537 g/mol. The van der Waals surface area contributed by atoms with Crippen LogP contribution in [-0.4, -0.2) is 33.0 Å². The van der Waals surface area contributed by atoms with Gasteiger partial charge in [-0.15, -0.1) is 11.3 Å². The lowest BCUT2D eigenvalue weighted by atomic mass is 9.82. The Hall–Kier alpha value is -4.10. The molecule has 205 valence electrons. The number of fused-ring (bicyclic) bond motifs is 10. The van der Waals surface area contributed by atoms with E-state index >= 15 is 0 Å². The quantitative estimate of drug-likeness (QED) is 0.153. The number of hydrogen-bond donors (Lipinski definition) is 0. The topological polar surface area (TPSA) is 53.8 Å². The standard InChI is InChI=1S/C36H30BNO3S/c1-35(2,39)36(3,4)41-37-27-20-21(38-28-14-8-5-11-22(28)23-12-6-9-15-29(23)38)19-26-32-31(42-34(26)27)18-17-25-24-13-7-10-16-30(24)40-33(25)32/h5-20,39,41H,1-4H3/q+1/p+1. The Labute approximate surface area is 248 Å². The number of para-hydroxylation sites is 3. The Balaban J connectivity index is 1.46. The van der Waals surface area contributed by atoms with Gasteiger partial charge < -0.3 is 18.7 Å². The molecule has 3 N–H and O–H groups in total. The summed E-state index contributed by atoms with van der Waals surface area (Å²) in [5.41, 5.74) is 5.00. The third kappa shape index (κ3) is 3.69. The number of benzene rings is 5. The first-order chi connectivity index (χ1) is 20.2. The average Bonchev–Trinajstić information content (AvgIpc) is 3.64. The van der Waals surface area contributed by atoms with E-state index in [0.717, 1.165) is 43.9 Å². The zero-order valence-corrected chi connectivity index (χ0v) is 24.8. The molecule has 0 saturated heterocycles. The third-order valence-corrected chi connectivity index (χ3v) is 10.2. The van der Waals surface area contributed by atoms with E-state index in [1.165, 1.54) is 31.2 Å². The highest BCUT2D eigenvalue weighted by molar-refractivity contribution is 7.27. The summed E-state index contributed by atoms with van der Waals surface area (Å²) in [4.78, 5) is 0. The van der Waals surface area contributed by atoms with Crippen LogP contribution >= 0.6 is 11.3 Å². The van der Waals surface area contributed by atoms with Gasteiger partial charge in [0.05, 0.1) is 11.0 Å². The summed E-state index contributed by atoms with van der Waals surface area (Å²) in [5, 5.41) is 15.7. The second-order valence-electron chi connectivity index (χ2n) is 12.2. The fourth-order valence-electron chi connectivity index (χ4n) is 5.97. The molecule has 3 aromatic heterocycles. The second-order valence-corrected chi connectivity index (χ2v) is 13.3. The van der Waals surface area contributed by atoms with Gasteiger partial charge >= 0.3 is 7.48 Å². The summed E-state index contributed by atoms with van der Waals surface area (Å²) in [6.07, 6.45) is 0. The maximum Gasteiger partial charge on any atom is 0.626 e. The van der Waals surface area contributed by atoms with Crippen molar-refractivity contribution in [3.8, 4) is 5.69 Å². The van der Waals surface area contributed by atoms with Gasteiger partial charge in [-0.25, -0.2) is 0 Å². The van der Waals surface area contributed by atoms with Crippen LogP contribution in [0.1, 0.15) is 27.7 Å². The van der Waals surface area contributed by atoms with Gasteiger partial charge in [0.1, 0.15) is 11.2 Å². The summed E-state index contributed by atoms with van der Waals surface area (Å²) >= 11 is 1.78. The zero-order valence-electron chi connectivity index (χ0n) is 24.0. The Kier molecular flexibility index (Phi) is 5.46. The number of aromatic nitrogens is 1. The molecule has 6 heteroatoms. The molecule has 0 aliphatic rings. The van der Waals surface area contributed by atoms with E-state index in [1.807, 2.05) is 47.3 Å². The van der Waals surface area contributed by atoms with Crippen molar-refractivity contribution in [3.05, 3.63) is 97.1 Å². The molecule has 5 aromatic carbocycles. The van der Waals surface area contributed by atoms with E-state index in [4.69, 9.17) is 14.2 Å². The number of rotatable bonds is 5. The molecule has 0 unspecified atom stereocenters. The fourth-order valence-corrected chi connectivity index (χ4v) is 7.14. The maximum atomic E-state index is 8.70. The number of hydrogen-bond acceptors (Lipinski definition) is 2. The van der Waals surface area contributed by atoms with Crippen LogP contribution in [0.4, 0.5) is 0 Å². The molecule has 0 saturated carbocycles. The monoisotopic (exact) mass is 568 g/mol. The van der Waals surface area contributed by atoms with Crippen molar-refractivity contribution < 1.29 is 14.2 Å². The molecular formula is C36H31BNO3S+2. The van der Waals surface area contributed by atoms with E-state index in [0.29, 0.717) is 0 Å². The smallest absolute Gasteiger partial charge is 0.526 e. The van der Waals surface area contributed by atoms with Crippen molar-refractivity contribution in [2.24, 2.45) is 0 Å². The van der Waals surface area contributed by atoms with Crippen LogP contribution in [-0.2, 0) is 0 Å². The fraction of sp³-hybridized carbons (Fsp3) is 0.167. The van der Waals surface area contributed by atoms with Crippen LogP contribution in [0.2, 0.25) is 0 Å². The molecule has 42 heavy (non-hydrogen) atoms. The highest BCUT2D eigenvalue weighted by atomic mass is 32.1. The van der Waals surface area contributed by atoms with Crippen molar-refractivity contribution in [1.82, 2.24) is 4.57 Å². The normalized spacial score (nSPS) is 13.0. The van der Waals surface area contributed by atoms with Crippen LogP contribution in [0.5, 0.6) is 0 Å². The molecule has 0 aliphatic heterocycles. The highest BCUT2D eigenvalue weighted by Crippen LogP contribution is 2.42. The van der Waals surface area contributed by atoms with Crippen molar-refractivity contribution in [3.63, 3.8) is 0 Å². The van der Waals surface area contributed by atoms with Gasteiger partial charge in [-0.05, 0) is 42.5 Å². The largest absolute Gasteiger partial charge is 0.626 e. The number of furan rings is 1. The molecule has 3 heterocycles. The van der Waals surface area contributed by atoms with E-state index in [1.54, 1.807) is 11.3 Å². The third-order valence-electron chi connectivity index (χ3n) is 8.99. The first kappa shape index (κ1) is 25.6. The molecule has 0 atom stereocenters. The predicted octanol–water partition coefficient (Wildman–Crippen LogP) is 8.11. The van der Waals surface area contributed by atoms with Gasteiger partial charge in [0, 0.05) is 80.6 Å². The van der Waals surface area contributed by atoms with Crippen LogP contribution in [0, 0.1) is 0 Å². The molecule has 8 aromatic rings. The number of thiophene rings is 1. The summed E-state index contributed by atoms with van der Waals surface area (Å²) in [6, 6.07) is 34.5. The van der Waals surface area contributed by atoms with E-state index < -0.39 is 11.2 Å². The van der Waals surface area contributed by atoms with Crippen molar-refractivity contribution >= 4 is 88.2 Å². The molecule has 0 spiro atoms. The average molecular weight is 569 g/mol. The lowest BCUT2D eigenvalue weighted by Gasteiger charge is -2.30. The predicted molar refractivity (Wildman–Crippen MR) is 180 cm³/mol. The van der Waals surface area contributed by atoms with Crippen LogP contribution in [0.15, 0.2) is 101 Å². The van der Waals surface area contributed by atoms with Gasteiger partial charge in [0.15, 0.2) is 0 Å². The van der Waals surface area contributed by atoms with Gasteiger partial charge in [-0.3, -0.25) is 0 Å².